The first-order chi connectivity index (χ1) is 7.31. The summed E-state index contributed by atoms with van der Waals surface area (Å²) in [6.45, 7) is 0.354. The van der Waals surface area contributed by atoms with E-state index in [1.165, 1.54) is 0 Å². The summed E-state index contributed by atoms with van der Waals surface area (Å²) in [5.41, 5.74) is 1.59. The fourth-order valence-electron chi connectivity index (χ4n) is 1.74. The van der Waals surface area contributed by atoms with E-state index in [4.69, 9.17) is 5.21 Å². The van der Waals surface area contributed by atoms with Gasteiger partial charge >= 0.3 is 0 Å². The van der Waals surface area contributed by atoms with Crippen molar-refractivity contribution in [2.24, 2.45) is 11.1 Å². The molecule has 0 aliphatic carbocycles. The number of carbonyl (C=O) groups excluding carboxylic acids is 1. The number of hydrogen-bond donors (Lipinski definition) is 2. The molecule has 2 rings (SSSR count). The first kappa shape index (κ1) is 9.71. The van der Waals surface area contributed by atoms with E-state index in [2.05, 4.69) is 10.5 Å². The molecule has 78 valence electrons. The molecule has 4 nitrogen and oxygen atoms in total. The molecular formula is C11H12N2O2. The standard InChI is InChI=1S/C11H12N2O2/c14-11-9(10(13-15)7-12-11)6-8-4-2-1-3-5-8/h1-5,9,15H,6-7H2,(H,12,14). The molecular weight excluding hydrogens is 192 g/mol. The molecule has 0 saturated carbocycles. The predicted molar refractivity (Wildman–Crippen MR) is 55.9 cm³/mol. The number of rotatable bonds is 2. The zero-order chi connectivity index (χ0) is 10.7. The average Bonchev–Trinajstić information content (AvgIpc) is 2.62. The Morgan fingerprint density at radius 2 is 2.13 bits per heavy atom. The molecule has 1 amide bonds. The largest absolute Gasteiger partial charge is 0.411 e. The minimum absolute atomic E-state index is 0.0633. The summed E-state index contributed by atoms with van der Waals surface area (Å²) >= 11 is 0. The quantitative estimate of drug-likeness (QED) is 0.553. The second kappa shape index (κ2) is 4.13. The van der Waals surface area contributed by atoms with Crippen LogP contribution in [0.3, 0.4) is 0 Å². The first-order valence-corrected chi connectivity index (χ1v) is 4.83. The van der Waals surface area contributed by atoms with Crippen LogP contribution in [0.25, 0.3) is 0 Å². The first-order valence-electron chi connectivity index (χ1n) is 4.83. The van der Waals surface area contributed by atoms with Crippen LogP contribution in [0.5, 0.6) is 0 Å². The van der Waals surface area contributed by atoms with Crippen LogP contribution in [0.15, 0.2) is 35.5 Å². The number of nitrogens with zero attached hydrogens (tertiary/aromatic N) is 1. The van der Waals surface area contributed by atoms with E-state index in [0.29, 0.717) is 18.7 Å². The van der Waals surface area contributed by atoms with Gasteiger partial charge in [-0.15, -0.1) is 0 Å². The highest BCUT2D eigenvalue weighted by atomic mass is 16.4. The molecule has 1 unspecified atom stereocenters. The van der Waals surface area contributed by atoms with E-state index in [0.717, 1.165) is 5.56 Å². The number of hydrogen-bond acceptors (Lipinski definition) is 3. The van der Waals surface area contributed by atoms with Gasteiger partial charge in [-0.05, 0) is 12.0 Å². The van der Waals surface area contributed by atoms with Crippen LogP contribution in [0.2, 0.25) is 0 Å². The lowest BCUT2D eigenvalue weighted by Gasteiger charge is -2.06. The summed E-state index contributed by atoms with van der Waals surface area (Å²) in [6, 6.07) is 9.70. The van der Waals surface area contributed by atoms with Gasteiger partial charge in [-0.3, -0.25) is 4.79 Å². The third kappa shape index (κ3) is 1.98. The van der Waals surface area contributed by atoms with E-state index >= 15 is 0 Å². The summed E-state index contributed by atoms with van der Waals surface area (Å²) in [4.78, 5) is 11.4. The van der Waals surface area contributed by atoms with Crippen LogP contribution < -0.4 is 5.32 Å². The molecule has 2 N–H and O–H groups in total. The van der Waals surface area contributed by atoms with Crippen molar-refractivity contribution in [2.45, 2.75) is 6.42 Å². The van der Waals surface area contributed by atoms with Gasteiger partial charge in [-0.2, -0.15) is 0 Å². The second-order valence-corrected chi connectivity index (χ2v) is 3.55. The van der Waals surface area contributed by atoms with Gasteiger partial charge in [-0.1, -0.05) is 35.5 Å². The molecule has 0 bridgehead atoms. The lowest BCUT2D eigenvalue weighted by molar-refractivity contribution is -0.121. The van der Waals surface area contributed by atoms with Gasteiger partial charge in [0.05, 0.1) is 18.2 Å². The second-order valence-electron chi connectivity index (χ2n) is 3.55. The molecule has 1 aromatic carbocycles. The summed E-state index contributed by atoms with van der Waals surface area (Å²) in [5, 5.41) is 14.5. The molecule has 1 atom stereocenters. The maximum atomic E-state index is 11.4. The van der Waals surface area contributed by atoms with Crippen LogP contribution in [0.1, 0.15) is 5.56 Å². The number of oxime groups is 1. The molecule has 1 saturated heterocycles. The van der Waals surface area contributed by atoms with Crippen LogP contribution in [0.4, 0.5) is 0 Å². The molecule has 0 aromatic heterocycles. The molecule has 4 heteroatoms. The Morgan fingerprint density at radius 1 is 1.40 bits per heavy atom. The number of nitrogens with one attached hydrogen (secondary N) is 1. The Labute approximate surface area is 87.6 Å². The molecule has 1 aliphatic rings. The lowest BCUT2D eigenvalue weighted by atomic mass is 9.97. The minimum Gasteiger partial charge on any atom is -0.411 e. The van der Waals surface area contributed by atoms with Gasteiger partial charge in [0.2, 0.25) is 5.91 Å². The van der Waals surface area contributed by atoms with E-state index in [9.17, 15) is 4.79 Å². The van der Waals surface area contributed by atoms with Gasteiger partial charge < -0.3 is 10.5 Å². The Bertz CT molecular complexity index is 387. The van der Waals surface area contributed by atoms with Crippen LogP contribution in [-0.2, 0) is 11.2 Å². The Hall–Kier alpha value is -1.84. The Kier molecular flexibility index (Phi) is 2.67. The van der Waals surface area contributed by atoms with E-state index in [1.807, 2.05) is 30.3 Å². The van der Waals surface area contributed by atoms with Crippen molar-refractivity contribution in [2.75, 3.05) is 6.54 Å². The van der Waals surface area contributed by atoms with Crippen molar-refractivity contribution >= 4 is 11.6 Å². The normalized spacial score (nSPS) is 23.1. The molecule has 15 heavy (non-hydrogen) atoms. The van der Waals surface area contributed by atoms with Crippen molar-refractivity contribution < 1.29 is 10.0 Å². The third-order valence-electron chi connectivity index (χ3n) is 2.57. The van der Waals surface area contributed by atoms with Crippen molar-refractivity contribution in [3.05, 3.63) is 35.9 Å². The van der Waals surface area contributed by atoms with Crippen molar-refractivity contribution in [1.82, 2.24) is 5.32 Å². The fourth-order valence-corrected chi connectivity index (χ4v) is 1.74. The highest BCUT2D eigenvalue weighted by Crippen LogP contribution is 2.14. The van der Waals surface area contributed by atoms with Crippen molar-refractivity contribution in [3.8, 4) is 0 Å². The van der Waals surface area contributed by atoms with E-state index < -0.39 is 0 Å². The van der Waals surface area contributed by atoms with Crippen molar-refractivity contribution in [3.63, 3.8) is 0 Å². The summed E-state index contributed by atoms with van der Waals surface area (Å²) in [7, 11) is 0. The van der Waals surface area contributed by atoms with Gasteiger partial charge in [0, 0.05) is 0 Å². The van der Waals surface area contributed by atoms with Gasteiger partial charge in [0.25, 0.3) is 0 Å². The van der Waals surface area contributed by atoms with Crippen LogP contribution in [0, 0.1) is 5.92 Å². The maximum absolute atomic E-state index is 11.4. The molecule has 1 aliphatic heterocycles. The topological polar surface area (TPSA) is 61.7 Å². The minimum atomic E-state index is -0.322. The van der Waals surface area contributed by atoms with Crippen LogP contribution >= 0.6 is 0 Å². The summed E-state index contributed by atoms with van der Waals surface area (Å²) < 4.78 is 0. The highest BCUT2D eigenvalue weighted by molar-refractivity contribution is 6.11. The summed E-state index contributed by atoms with van der Waals surface area (Å²) in [6.07, 6.45) is 0.589. The zero-order valence-electron chi connectivity index (χ0n) is 8.18. The molecule has 0 spiro atoms. The Balaban J connectivity index is 2.14. The predicted octanol–water partition coefficient (Wildman–Crippen LogP) is 0.805. The highest BCUT2D eigenvalue weighted by Gasteiger charge is 2.31. The van der Waals surface area contributed by atoms with Gasteiger partial charge in [0.15, 0.2) is 0 Å². The van der Waals surface area contributed by atoms with E-state index in [1.54, 1.807) is 0 Å². The van der Waals surface area contributed by atoms with Crippen molar-refractivity contribution in [1.29, 1.82) is 0 Å². The smallest absolute Gasteiger partial charge is 0.229 e. The van der Waals surface area contributed by atoms with Crippen LogP contribution in [-0.4, -0.2) is 23.4 Å². The van der Waals surface area contributed by atoms with E-state index in [-0.39, 0.29) is 11.8 Å². The zero-order valence-corrected chi connectivity index (χ0v) is 8.18. The Morgan fingerprint density at radius 3 is 2.80 bits per heavy atom. The molecule has 0 radical (unpaired) electrons. The van der Waals surface area contributed by atoms with Gasteiger partial charge in [-0.25, -0.2) is 0 Å². The number of carbonyl (C=O) groups is 1. The molecule has 1 aromatic rings. The third-order valence-corrected chi connectivity index (χ3v) is 2.57. The summed E-state index contributed by atoms with van der Waals surface area (Å²) in [5.74, 6) is -0.385. The number of amides is 1. The SMILES string of the molecule is O=C1NCC(=NO)C1Cc1ccccc1. The fraction of sp³-hybridized carbons (Fsp3) is 0.273. The molecule has 1 heterocycles. The lowest BCUT2D eigenvalue weighted by Crippen LogP contribution is -2.21. The number of benzene rings is 1. The average molecular weight is 204 g/mol. The maximum Gasteiger partial charge on any atom is 0.229 e. The van der Waals surface area contributed by atoms with Gasteiger partial charge in [0.1, 0.15) is 0 Å². The molecule has 1 fully saturated rings. The monoisotopic (exact) mass is 204 g/mol.